The van der Waals surface area contributed by atoms with Crippen LogP contribution in [-0.2, 0) is 15.2 Å². The number of nitrogens with one attached hydrogen (secondary N) is 1. The Morgan fingerprint density at radius 1 is 0.897 bits per heavy atom. The highest BCUT2D eigenvalue weighted by atomic mass is 16.5. The van der Waals surface area contributed by atoms with Gasteiger partial charge in [0.15, 0.2) is 11.4 Å². The molecule has 0 bridgehead atoms. The Bertz CT molecular complexity index is 1260. The summed E-state index contributed by atoms with van der Waals surface area (Å²) >= 11 is 0. The minimum absolute atomic E-state index is 0.0903. The Balaban J connectivity index is 1.55. The fourth-order valence-corrected chi connectivity index (χ4v) is 4.93. The largest absolute Gasteiger partial charge is 0.496 e. The molecule has 0 aromatic heterocycles. The summed E-state index contributed by atoms with van der Waals surface area (Å²) in [5.74, 6) is -0.681. The van der Waals surface area contributed by atoms with Gasteiger partial charge >= 0.3 is 0 Å². The van der Waals surface area contributed by atoms with Gasteiger partial charge in [-0.1, -0.05) is 60.7 Å². The monoisotopic (exact) mass is 532 g/mol. The van der Waals surface area contributed by atoms with Crippen LogP contribution in [0.2, 0.25) is 0 Å². The first-order valence-electron chi connectivity index (χ1n) is 12.6. The smallest absolute Gasteiger partial charge is 0.267 e. The summed E-state index contributed by atoms with van der Waals surface area (Å²) < 4.78 is 16.1. The maximum absolute atomic E-state index is 13.5. The van der Waals surface area contributed by atoms with Crippen molar-refractivity contribution >= 4 is 17.6 Å². The molecule has 2 amide bonds. The second-order valence-electron chi connectivity index (χ2n) is 9.22. The number of carbonyl (C=O) groups is 3. The number of nitrogens with zero attached hydrogens (tertiary/aromatic N) is 1. The summed E-state index contributed by atoms with van der Waals surface area (Å²) in [5, 5.41) is 14.1. The van der Waals surface area contributed by atoms with Gasteiger partial charge in [0.25, 0.3) is 5.91 Å². The molecule has 0 spiro atoms. The Morgan fingerprint density at radius 3 is 1.92 bits per heavy atom. The summed E-state index contributed by atoms with van der Waals surface area (Å²) in [5.41, 5.74) is -1.18. The number of hydrogen-bond donors (Lipinski definition) is 2. The van der Waals surface area contributed by atoms with E-state index in [0.717, 1.165) is 0 Å². The minimum atomic E-state index is -2.08. The first kappa shape index (κ1) is 27.8. The van der Waals surface area contributed by atoms with Crippen molar-refractivity contribution in [1.82, 2.24) is 10.2 Å². The quantitative estimate of drug-likeness (QED) is 0.383. The summed E-state index contributed by atoms with van der Waals surface area (Å²) in [6, 6.07) is 19.4. The predicted molar refractivity (Wildman–Crippen MR) is 144 cm³/mol. The second-order valence-corrected chi connectivity index (χ2v) is 9.22. The summed E-state index contributed by atoms with van der Waals surface area (Å²) in [6.45, 7) is 0.396. The number of likely N-dealkylation sites (tertiary alicyclic amines) is 1. The van der Waals surface area contributed by atoms with Gasteiger partial charge in [0.05, 0.1) is 33.9 Å². The Hall–Kier alpha value is -4.21. The van der Waals surface area contributed by atoms with E-state index in [2.05, 4.69) is 5.32 Å². The molecule has 204 valence electrons. The van der Waals surface area contributed by atoms with E-state index < -0.39 is 23.5 Å². The lowest BCUT2D eigenvalue weighted by Crippen LogP contribution is -2.53. The molecule has 1 fully saturated rings. The number of benzene rings is 3. The van der Waals surface area contributed by atoms with E-state index in [4.69, 9.17) is 14.2 Å². The molecule has 1 aliphatic rings. The molecule has 1 atom stereocenters. The van der Waals surface area contributed by atoms with Gasteiger partial charge in [0.1, 0.15) is 22.8 Å². The van der Waals surface area contributed by atoms with Crippen LogP contribution in [0.1, 0.15) is 34.3 Å². The number of ether oxygens (including phenoxy) is 3. The van der Waals surface area contributed by atoms with E-state index in [9.17, 15) is 19.5 Å². The van der Waals surface area contributed by atoms with Gasteiger partial charge in [-0.25, -0.2) is 0 Å². The summed E-state index contributed by atoms with van der Waals surface area (Å²) in [7, 11) is 4.40. The maximum Gasteiger partial charge on any atom is 0.267 e. The molecule has 3 aromatic rings. The SMILES string of the molecule is COc1cc(OC)c(C(=O)CN2CCC[C@H]2C(=O)NC(=O)C(O)(c2ccccc2)c2ccccc2)c(OC)c1. The zero-order valence-electron chi connectivity index (χ0n) is 22.2. The van der Waals surface area contributed by atoms with Crippen LogP contribution >= 0.6 is 0 Å². The lowest BCUT2D eigenvalue weighted by molar-refractivity contribution is -0.142. The molecule has 4 rings (SSSR count). The molecule has 0 radical (unpaired) electrons. The molecular formula is C30H32N2O7. The van der Waals surface area contributed by atoms with Crippen LogP contribution in [0, 0.1) is 0 Å². The van der Waals surface area contributed by atoms with Crippen LogP contribution in [0.3, 0.4) is 0 Å². The third-order valence-corrected chi connectivity index (χ3v) is 6.96. The highest BCUT2D eigenvalue weighted by molar-refractivity contribution is 6.05. The van der Waals surface area contributed by atoms with Crippen molar-refractivity contribution in [3.05, 3.63) is 89.5 Å². The van der Waals surface area contributed by atoms with Crippen molar-refractivity contribution in [3.63, 3.8) is 0 Å². The molecule has 2 N–H and O–H groups in total. The number of imide groups is 1. The summed E-state index contributed by atoms with van der Waals surface area (Å²) in [6.07, 6.45) is 1.12. The number of Topliss-reactive ketones (excluding diaryl/α,β-unsaturated/α-hetero) is 1. The first-order chi connectivity index (χ1) is 18.8. The molecular weight excluding hydrogens is 500 g/mol. The molecule has 0 aliphatic carbocycles. The number of hydrogen-bond acceptors (Lipinski definition) is 8. The molecule has 9 heteroatoms. The topological polar surface area (TPSA) is 114 Å². The fourth-order valence-electron chi connectivity index (χ4n) is 4.93. The molecule has 1 aliphatic heterocycles. The number of methoxy groups -OCH3 is 3. The van der Waals surface area contributed by atoms with Crippen LogP contribution < -0.4 is 19.5 Å². The Morgan fingerprint density at radius 2 is 1.44 bits per heavy atom. The first-order valence-corrected chi connectivity index (χ1v) is 12.6. The zero-order chi connectivity index (χ0) is 28.0. The van der Waals surface area contributed by atoms with Crippen molar-refractivity contribution in [1.29, 1.82) is 0 Å². The van der Waals surface area contributed by atoms with E-state index in [1.54, 1.807) is 77.7 Å². The van der Waals surface area contributed by atoms with Gasteiger partial charge in [0.2, 0.25) is 5.91 Å². The second kappa shape index (κ2) is 12.1. The van der Waals surface area contributed by atoms with Gasteiger partial charge in [0, 0.05) is 12.1 Å². The van der Waals surface area contributed by atoms with Crippen LogP contribution in [0.15, 0.2) is 72.8 Å². The third-order valence-electron chi connectivity index (χ3n) is 6.96. The van der Waals surface area contributed by atoms with Gasteiger partial charge in [-0.15, -0.1) is 0 Å². The van der Waals surface area contributed by atoms with Gasteiger partial charge in [-0.2, -0.15) is 0 Å². The molecule has 9 nitrogen and oxygen atoms in total. The normalized spacial score (nSPS) is 15.4. The number of rotatable bonds is 10. The molecule has 0 unspecified atom stereocenters. The predicted octanol–water partition coefficient (Wildman–Crippen LogP) is 2.94. The molecule has 1 saturated heterocycles. The van der Waals surface area contributed by atoms with E-state index in [1.165, 1.54) is 21.3 Å². The molecule has 39 heavy (non-hydrogen) atoms. The zero-order valence-corrected chi connectivity index (χ0v) is 22.2. The highest BCUT2D eigenvalue weighted by Gasteiger charge is 2.42. The third kappa shape index (κ3) is 5.64. The van der Waals surface area contributed by atoms with Crippen LogP contribution in [0.5, 0.6) is 17.2 Å². The minimum Gasteiger partial charge on any atom is -0.496 e. The lowest BCUT2D eigenvalue weighted by atomic mass is 9.85. The number of amides is 2. The van der Waals surface area contributed by atoms with Crippen LogP contribution in [-0.4, -0.2) is 68.1 Å². The van der Waals surface area contributed by atoms with Crippen LogP contribution in [0.25, 0.3) is 0 Å². The summed E-state index contributed by atoms with van der Waals surface area (Å²) in [4.78, 5) is 42.0. The van der Waals surface area contributed by atoms with E-state index in [0.29, 0.717) is 47.8 Å². The standard InChI is InChI=1S/C30H32N2O7/c1-37-22-17-25(38-2)27(26(18-22)39-3)24(33)19-32-16-10-15-23(32)28(34)31-29(35)30(36,20-11-6-4-7-12-20)21-13-8-5-9-14-21/h4-9,11-14,17-18,23,36H,10,15-16,19H2,1-3H3,(H,31,34,35)/t23-/m0/s1. The maximum atomic E-state index is 13.5. The molecule has 1 heterocycles. The van der Waals surface area contributed by atoms with Crippen molar-refractivity contribution < 1.29 is 33.7 Å². The Labute approximate surface area is 227 Å². The fraction of sp³-hybridized carbons (Fsp3) is 0.300. The number of ketones is 1. The Kier molecular flexibility index (Phi) is 8.63. The number of carbonyl (C=O) groups excluding carboxylic acids is 3. The van der Waals surface area contributed by atoms with E-state index in [1.807, 2.05) is 0 Å². The number of aliphatic hydroxyl groups is 1. The average molecular weight is 533 g/mol. The van der Waals surface area contributed by atoms with Crippen molar-refractivity contribution in [3.8, 4) is 17.2 Å². The van der Waals surface area contributed by atoms with E-state index in [-0.39, 0.29) is 17.9 Å². The van der Waals surface area contributed by atoms with Gasteiger partial charge < -0.3 is 19.3 Å². The van der Waals surface area contributed by atoms with Gasteiger partial charge in [-0.05, 0) is 30.5 Å². The van der Waals surface area contributed by atoms with Crippen molar-refractivity contribution in [2.75, 3.05) is 34.4 Å². The van der Waals surface area contributed by atoms with Gasteiger partial charge in [-0.3, -0.25) is 24.6 Å². The highest BCUT2D eigenvalue weighted by Crippen LogP contribution is 2.35. The molecule has 3 aromatic carbocycles. The van der Waals surface area contributed by atoms with Crippen molar-refractivity contribution in [2.45, 2.75) is 24.5 Å². The van der Waals surface area contributed by atoms with E-state index >= 15 is 0 Å². The lowest BCUT2D eigenvalue weighted by Gasteiger charge is -2.29. The van der Waals surface area contributed by atoms with Crippen LogP contribution in [0.4, 0.5) is 0 Å². The van der Waals surface area contributed by atoms with Crippen molar-refractivity contribution in [2.24, 2.45) is 0 Å². The average Bonchev–Trinajstić information content (AvgIpc) is 3.44. The molecule has 0 saturated carbocycles.